The summed E-state index contributed by atoms with van der Waals surface area (Å²) in [6.45, 7) is 6.75. The molecule has 0 heterocycles. The van der Waals surface area contributed by atoms with Crippen molar-refractivity contribution in [3.8, 4) is 11.5 Å². The first-order chi connectivity index (χ1) is 13.4. The summed E-state index contributed by atoms with van der Waals surface area (Å²) in [4.78, 5) is 26.2. The minimum atomic E-state index is -0.271. The summed E-state index contributed by atoms with van der Waals surface area (Å²) in [6.07, 6.45) is 0.272. The number of benzene rings is 2. The Labute approximate surface area is 166 Å². The van der Waals surface area contributed by atoms with E-state index >= 15 is 0 Å². The Morgan fingerprint density at radius 1 is 1.00 bits per heavy atom. The molecule has 28 heavy (non-hydrogen) atoms. The predicted octanol–water partition coefficient (Wildman–Crippen LogP) is 3.43. The standard InChI is InChI=1S/C22H28N2O4/c1-5-27-19-12-11-18(14-20(19)28-6-2)23-21(25)15-24(4)22(26)13-17-10-8-7-9-16(17)3/h7-12,14H,5-6,13,15H2,1-4H3,(H,23,25). The van der Waals surface area contributed by atoms with Gasteiger partial charge in [-0.25, -0.2) is 0 Å². The van der Waals surface area contributed by atoms with Crippen LogP contribution in [0.3, 0.4) is 0 Å². The minimum absolute atomic E-state index is 0.0259. The van der Waals surface area contributed by atoms with Gasteiger partial charge in [0.1, 0.15) is 0 Å². The van der Waals surface area contributed by atoms with E-state index in [1.807, 2.05) is 45.0 Å². The van der Waals surface area contributed by atoms with Crippen molar-refractivity contribution in [1.29, 1.82) is 0 Å². The van der Waals surface area contributed by atoms with Gasteiger partial charge in [0.15, 0.2) is 11.5 Å². The van der Waals surface area contributed by atoms with Gasteiger partial charge in [-0.2, -0.15) is 0 Å². The van der Waals surface area contributed by atoms with Crippen LogP contribution >= 0.6 is 0 Å². The quantitative estimate of drug-likeness (QED) is 0.719. The SMILES string of the molecule is CCOc1ccc(NC(=O)CN(C)C(=O)Cc2ccccc2C)cc1OCC. The first-order valence-electron chi connectivity index (χ1n) is 9.42. The minimum Gasteiger partial charge on any atom is -0.490 e. The number of hydrogen-bond acceptors (Lipinski definition) is 4. The molecular weight excluding hydrogens is 356 g/mol. The van der Waals surface area contributed by atoms with Crippen molar-refractivity contribution in [3.05, 3.63) is 53.6 Å². The Kier molecular flexibility index (Phi) is 7.87. The molecule has 0 radical (unpaired) electrons. The molecule has 6 nitrogen and oxygen atoms in total. The third kappa shape index (κ3) is 6.01. The van der Waals surface area contributed by atoms with E-state index in [0.29, 0.717) is 30.4 Å². The lowest BCUT2D eigenvalue weighted by atomic mass is 10.1. The van der Waals surface area contributed by atoms with E-state index in [2.05, 4.69) is 5.32 Å². The van der Waals surface area contributed by atoms with E-state index < -0.39 is 0 Å². The van der Waals surface area contributed by atoms with Crippen LogP contribution in [0, 0.1) is 6.92 Å². The number of nitrogens with zero attached hydrogens (tertiary/aromatic N) is 1. The fraction of sp³-hybridized carbons (Fsp3) is 0.364. The molecule has 0 aliphatic rings. The lowest BCUT2D eigenvalue weighted by Crippen LogP contribution is -2.35. The molecule has 0 aliphatic heterocycles. The molecule has 1 N–H and O–H groups in total. The van der Waals surface area contributed by atoms with Gasteiger partial charge >= 0.3 is 0 Å². The molecule has 0 bridgehead atoms. The van der Waals surface area contributed by atoms with Crippen LogP contribution in [0.4, 0.5) is 5.69 Å². The molecule has 0 saturated carbocycles. The van der Waals surface area contributed by atoms with Gasteiger partial charge in [-0.15, -0.1) is 0 Å². The number of rotatable bonds is 9. The summed E-state index contributed by atoms with van der Waals surface area (Å²) in [5.74, 6) is 0.831. The number of aryl methyl sites for hydroxylation is 1. The van der Waals surface area contributed by atoms with Crippen molar-refractivity contribution in [2.75, 3.05) is 32.1 Å². The van der Waals surface area contributed by atoms with Gasteiger partial charge in [0.05, 0.1) is 26.2 Å². The third-order valence-corrected chi connectivity index (χ3v) is 4.24. The second-order valence-electron chi connectivity index (χ2n) is 6.43. The third-order valence-electron chi connectivity index (χ3n) is 4.24. The Morgan fingerprint density at radius 3 is 2.36 bits per heavy atom. The number of amides is 2. The van der Waals surface area contributed by atoms with Crippen LogP contribution in [0.1, 0.15) is 25.0 Å². The Bertz CT molecular complexity index is 820. The number of nitrogens with one attached hydrogen (secondary N) is 1. The highest BCUT2D eigenvalue weighted by atomic mass is 16.5. The van der Waals surface area contributed by atoms with Crippen LogP contribution in [0.2, 0.25) is 0 Å². The molecule has 2 rings (SSSR count). The predicted molar refractivity (Wildman–Crippen MR) is 110 cm³/mol. The summed E-state index contributed by atoms with van der Waals surface area (Å²) >= 11 is 0. The summed E-state index contributed by atoms with van der Waals surface area (Å²) < 4.78 is 11.1. The number of hydrogen-bond donors (Lipinski definition) is 1. The van der Waals surface area contributed by atoms with Crippen molar-refractivity contribution in [2.24, 2.45) is 0 Å². The van der Waals surface area contributed by atoms with E-state index in [-0.39, 0.29) is 24.8 Å². The van der Waals surface area contributed by atoms with Gasteiger partial charge in [-0.05, 0) is 44.0 Å². The molecule has 6 heteroatoms. The molecule has 0 saturated heterocycles. The van der Waals surface area contributed by atoms with Crippen molar-refractivity contribution < 1.29 is 19.1 Å². The van der Waals surface area contributed by atoms with Crippen LogP contribution in [-0.4, -0.2) is 43.5 Å². The molecule has 150 valence electrons. The average molecular weight is 384 g/mol. The van der Waals surface area contributed by atoms with Gasteiger partial charge in [0, 0.05) is 18.8 Å². The zero-order valence-electron chi connectivity index (χ0n) is 17.0. The number of likely N-dealkylation sites (N-methyl/N-ethyl adjacent to an activating group) is 1. The monoisotopic (exact) mass is 384 g/mol. The lowest BCUT2D eigenvalue weighted by molar-refractivity contribution is -0.132. The zero-order chi connectivity index (χ0) is 20.5. The first kappa shape index (κ1) is 21.3. The van der Waals surface area contributed by atoms with Crippen LogP contribution in [0.25, 0.3) is 0 Å². The number of anilines is 1. The van der Waals surface area contributed by atoms with E-state index in [9.17, 15) is 9.59 Å². The number of carbonyl (C=O) groups excluding carboxylic acids is 2. The summed E-state index contributed by atoms with van der Waals surface area (Å²) in [6, 6.07) is 13.0. The van der Waals surface area contributed by atoms with Gasteiger partial charge in [0.25, 0.3) is 0 Å². The highest BCUT2D eigenvalue weighted by molar-refractivity contribution is 5.95. The fourth-order valence-electron chi connectivity index (χ4n) is 2.74. The summed E-state index contributed by atoms with van der Waals surface area (Å²) in [7, 11) is 1.63. The van der Waals surface area contributed by atoms with Gasteiger partial charge in [0.2, 0.25) is 11.8 Å². The largest absolute Gasteiger partial charge is 0.490 e. The summed E-state index contributed by atoms with van der Waals surface area (Å²) in [5.41, 5.74) is 2.62. The maximum absolute atomic E-state index is 12.4. The van der Waals surface area contributed by atoms with Gasteiger partial charge < -0.3 is 19.7 Å². The van der Waals surface area contributed by atoms with Crippen LogP contribution in [0.15, 0.2) is 42.5 Å². The highest BCUT2D eigenvalue weighted by Crippen LogP contribution is 2.30. The Balaban J connectivity index is 1.96. The Morgan fingerprint density at radius 2 is 1.68 bits per heavy atom. The maximum atomic E-state index is 12.4. The van der Waals surface area contributed by atoms with Crippen LogP contribution < -0.4 is 14.8 Å². The smallest absolute Gasteiger partial charge is 0.243 e. The van der Waals surface area contributed by atoms with Gasteiger partial charge in [-0.1, -0.05) is 24.3 Å². The van der Waals surface area contributed by atoms with Gasteiger partial charge in [-0.3, -0.25) is 9.59 Å². The second-order valence-corrected chi connectivity index (χ2v) is 6.43. The van der Waals surface area contributed by atoms with E-state index in [4.69, 9.17) is 9.47 Å². The van der Waals surface area contributed by atoms with E-state index in [1.165, 1.54) is 4.90 Å². The zero-order valence-corrected chi connectivity index (χ0v) is 17.0. The molecule has 2 aromatic rings. The molecule has 0 unspecified atom stereocenters. The molecule has 0 fully saturated rings. The van der Waals surface area contributed by atoms with E-state index in [1.54, 1.807) is 25.2 Å². The van der Waals surface area contributed by atoms with Crippen LogP contribution in [0.5, 0.6) is 11.5 Å². The molecule has 0 atom stereocenters. The van der Waals surface area contributed by atoms with E-state index in [0.717, 1.165) is 11.1 Å². The maximum Gasteiger partial charge on any atom is 0.243 e. The summed E-state index contributed by atoms with van der Waals surface area (Å²) in [5, 5.41) is 2.80. The lowest BCUT2D eigenvalue weighted by Gasteiger charge is -2.18. The molecule has 2 aromatic carbocycles. The normalized spacial score (nSPS) is 10.3. The number of ether oxygens (including phenoxy) is 2. The highest BCUT2D eigenvalue weighted by Gasteiger charge is 2.15. The average Bonchev–Trinajstić information content (AvgIpc) is 2.66. The first-order valence-corrected chi connectivity index (χ1v) is 9.42. The van der Waals surface area contributed by atoms with Crippen molar-refractivity contribution >= 4 is 17.5 Å². The molecule has 0 aliphatic carbocycles. The topological polar surface area (TPSA) is 67.9 Å². The van der Waals surface area contributed by atoms with Crippen molar-refractivity contribution in [2.45, 2.75) is 27.2 Å². The van der Waals surface area contributed by atoms with Crippen molar-refractivity contribution in [3.63, 3.8) is 0 Å². The molecular formula is C22H28N2O4. The molecule has 2 amide bonds. The molecule has 0 spiro atoms. The molecule has 0 aromatic heterocycles. The van der Waals surface area contributed by atoms with Crippen molar-refractivity contribution in [1.82, 2.24) is 4.90 Å². The number of carbonyl (C=O) groups is 2. The second kappa shape index (κ2) is 10.3. The Hall–Kier alpha value is -3.02. The fourth-order valence-corrected chi connectivity index (χ4v) is 2.74. The van der Waals surface area contributed by atoms with Crippen LogP contribution in [-0.2, 0) is 16.0 Å².